The van der Waals surface area contributed by atoms with Gasteiger partial charge in [0.15, 0.2) is 0 Å². The number of piperazine rings is 1. The van der Waals surface area contributed by atoms with Crippen LogP contribution < -0.4 is 10.2 Å². The predicted molar refractivity (Wildman–Crippen MR) is 117 cm³/mol. The van der Waals surface area contributed by atoms with E-state index in [2.05, 4.69) is 46.3 Å². The van der Waals surface area contributed by atoms with Crippen LogP contribution in [-0.4, -0.2) is 43.5 Å². The fourth-order valence-electron chi connectivity index (χ4n) is 3.97. The smallest absolute Gasteiger partial charge is 0.228 e. The van der Waals surface area contributed by atoms with E-state index in [1.54, 1.807) is 0 Å². The van der Waals surface area contributed by atoms with Crippen LogP contribution >= 0.6 is 0 Å². The van der Waals surface area contributed by atoms with Gasteiger partial charge in [-0.15, -0.1) is 0 Å². The lowest BCUT2D eigenvalue weighted by molar-refractivity contribution is -0.115. The molecular weight excluding hydrogens is 346 g/mol. The van der Waals surface area contributed by atoms with Gasteiger partial charge in [0.05, 0.1) is 17.8 Å². The van der Waals surface area contributed by atoms with Crippen LogP contribution in [0.25, 0.3) is 10.8 Å². The minimum atomic E-state index is 0.0241. The summed E-state index contributed by atoms with van der Waals surface area (Å²) < 4.78 is 0. The average Bonchev–Trinajstić information content (AvgIpc) is 2.74. The number of fused-ring (bicyclic) bond motifs is 1. The number of para-hydroxylation sites is 2. The summed E-state index contributed by atoms with van der Waals surface area (Å²) in [5.74, 6) is 0.0241. The van der Waals surface area contributed by atoms with Crippen molar-refractivity contribution in [1.29, 1.82) is 0 Å². The van der Waals surface area contributed by atoms with E-state index in [-0.39, 0.29) is 5.91 Å². The number of nitrogens with zero attached hydrogens (tertiary/aromatic N) is 2. The molecular formula is C24H27N3O. The summed E-state index contributed by atoms with van der Waals surface area (Å²) in [6.07, 6.45) is 0.374. The molecule has 0 aliphatic carbocycles. The molecule has 1 heterocycles. The Morgan fingerprint density at radius 1 is 0.893 bits per heavy atom. The third-order valence-electron chi connectivity index (χ3n) is 5.57. The average molecular weight is 374 g/mol. The molecule has 0 saturated carbocycles. The highest BCUT2D eigenvalue weighted by Crippen LogP contribution is 2.27. The van der Waals surface area contributed by atoms with Gasteiger partial charge >= 0.3 is 0 Å². The van der Waals surface area contributed by atoms with Crippen molar-refractivity contribution in [1.82, 2.24) is 4.90 Å². The van der Waals surface area contributed by atoms with Crippen molar-refractivity contribution < 1.29 is 4.79 Å². The van der Waals surface area contributed by atoms with E-state index in [1.807, 2.05) is 42.5 Å². The molecule has 0 aromatic heterocycles. The van der Waals surface area contributed by atoms with Gasteiger partial charge in [-0.25, -0.2) is 0 Å². The number of carbonyl (C=O) groups excluding carboxylic acids is 1. The van der Waals surface area contributed by atoms with Gasteiger partial charge in [0, 0.05) is 26.2 Å². The molecule has 1 saturated heterocycles. The van der Waals surface area contributed by atoms with Crippen LogP contribution in [0.3, 0.4) is 0 Å². The minimum Gasteiger partial charge on any atom is -0.367 e. The molecule has 1 fully saturated rings. The van der Waals surface area contributed by atoms with Gasteiger partial charge in [-0.3, -0.25) is 4.79 Å². The fraction of sp³-hybridized carbons (Fsp3) is 0.292. The van der Waals surface area contributed by atoms with Gasteiger partial charge in [0.25, 0.3) is 0 Å². The lowest BCUT2D eigenvalue weighted by Crippen LogP contribution is -2.46. The van der Waals surface area contributed by atoms with Gasteiger partial charge in [0.1, 0.15) is 0 Å². The maximum atomic E-state index is 12.8. The van der Waals surface area contributed by atoms with E-state index in [4.69, 9.17) is 0 Å². The molecule has 4 heteroatoms. The van der Waals surface area contributed by atoms with Crippen molar-refractivity contribution >= 4 is 28.1 Å². The Morgan fingerprint density at radius 3 is 2.43 bits per heavy atom. The standard InChI is InChI=1S/C24H27N3O/c1-2-26-14-16-27(17-15-26)23-13-6-5-12-22(23)25-24(28)18-20-10-7-9-19-8-3-4-11-21(19)20/h3-13H,2,14-18H2,1H3,(H,25,28). The second-order valence-electron chi connectivity index (χ2n) is 7.30. The zero-order chi connectivity index (χ0) is 19.3. The minimum absolute atomic E-state index is 0.0241. The van der Waals surface area contributed by atoms with Gasteiger partial charge in [-0.1, -0.05) is 61.5 Å². The molecule has 0 unspecified atom stereocenters. The number of amides is 1. The van der Waals surface area contributed by atoms with E-state index in [0.717, 1.165) is 55.0 Å². The van der Waals surface area contributed by atoms with Crippen molar-refractivity contribution in [2.45, 2.75) is 13.3 Å². The van der Waals surface area contributed by atoms with Crippen molar-refractivity contribution in [3.8, 4) is 0 Å². The Balaban J connectivity index is 1.49. The highest BCUT2D eigenvalue weighted by atomic mass is 16.1. The molecule has 0 atom stereocenters. The van der Waals surface area contributed by atoms with E-state index >= 15 is 0 Å². The molecule has 1 amide bonds. The quantitative estimate of drug-likeness (QED) is 0.729. The topological polar surface area (TPSA) is 35.6 Å². The lowest BCUT2D eigenvalue weighted by Gasteiger charge is -2.36. The number of anilines is 2. The number of hydrogen-bond acceptors (Lipinski definition) is 3. The molecule has 28 heavy (non-hydrogen) atoms. The summed E-state index contributed by atoms with van der Waals surface area (Å²) in [5, 5.41) is 5.46. The van der Waals surface area contributed by atoms with E-state index in [0.29, 0.717) is 6.42 Å². The van der Waals surface area contributed by atoms with Crippen LogP contribution in [0, 0.1) is 0 Å². The van der Waals surface area contributed by atoms with Crippen LogP contribution in [0.5, 0.6) is 0 Å². The summed E-state index contributed by atoms with van der Waals surface area (Å²) in [5.41, 5.74) is 3.08. The van der Waals surface area contributed by atoms with Crippen LogP contribution in [-0.2, 0) is 11.2 Å². The third-order valence-corrected chi connectivity index (χ3v) is 5.57. The number of likely N-dealkylation sites (N-methyl/N-ethyl adjacent to an activating group) is 1. The molecule has 3 aromatic carbocycles. The van der Waals surface area contributed by atoms with Crippen LogP contribution in [0.15, 0.2) is 66.7 Å². The van der Waals surface area contributed by atoms with E-state index < -0.39 is 0 Å². The maximum absolute atomic E-state index is 12.8. The Labute approximate surface area is 166 Å². The molecule has 0 radical (unpaired) electrons. The molecule has 1 aliphatic heterocycles. The predicted octanol–water partition coefficient (Wildman–Crippen LogP) is 4.16. The van der Waals surface area contributed by atoms with Gasteiger partial charge in [0.2, 0.25) is 5.91 Å². The molecule has 0 spiro atoms. The maximum Gasteiger partial charge on any atom is 0.228 e. The number of rotatable bonds is 5. The first-order chi connectivity index (χ1) is 13.7. The molecule has 1 aliphatic rings. The first kappa shape index (κ1) is 18.5. The third kappa shape index (κ3) is 4.02. The van der Waals surface area contributed by atoms with Crippen molar-refractivity contribution in [3.05, 3.63) is 72.3 Å². The Hall–Kier alpha value is -2.85. The molecule has 1 N–H and O–H groups in total. The fourth-order valence-corrected chi connectivity index (χ4v) is 3.97. The first-order valence-corrected chi connectivity index (χ1v) is 10.1. The number of benzene rings is 3. The van der Waals surface area contributed by atoms with Crippen LogP contribution in [0.2, 0.25) is 0 Å². The van der Waals surface area contributed by atoms with Gasteiger partial charge in [-0.2, -0.15) is 0 Å². The highest BCUT2D eigenvalue weighted by molar-refractivity contribution is 5.98. The summed E-state index contributed by atoms with van der Waals surface area (Å²) in [6.45, 7) is 7.41. The largest absolute Gasteiger partial charge is 0.367 e. The number of hydrogen-bond donors (Lipinski definition) is 1. The van der Waals surface area contributed by atoms with Crippen molar-refractivity contribution in [2.24, 2.45) is 0 Å². The van der Waals surface area contributed by atoms with Gasteiger partial charge < -0.3 is 15.1 Å². The molecule has 3 aromatic rings. The van der Waals surface area contributed by atoms with E-state index in [9.17, 15) is 4.79 Å². The van der Waals surface area contributed by atoms with Gasteiger partial charge in [-0.05, 0) is 35.0 Å². The molecule has 4 rings (SSSR count). The van der Waals surface area contributed by atoms with Crippen LogP contribution in [0.1, 0.15) is 12.5 Å². The van der Waals surface area contributed by atoms with Crippen molar-refractivity contribution in [2.75, 3.05) is 42.9 Å². The summed E-state index contributed by atoms with van der Waals surface area (Å²) in [7, 11) is 0. The monoisotopic (exact) mass is 373 g/mol. The Morgan fingerprint density at radius 2 is 1.61 bits per heavy atom. The molecule has 144 valence electrons. The van der Waals surface area contributed by atoms with Crippen LogP contribution in [0.4, 0.5) is 11.4 Å². The Bertz CT molecular complexity index is 955. The summed E-state index contributed by atoms with van der Waals surface area (Å²) >= 11 is 0. The molecule has 4 nitrogen and oxygen atoms in total. The highest BCUT2D eigenvalue weighted by Gasteiger charge is 2.19. The zero-order valence-corrected chi connectivity index (χ0v) is 16.4. The summed E-state index contributed by atoms with van der Waals surface area (Å²) in [6, 6.07) is 22.5. The zero-order valence-electron chi connectivity index (χ0n) is 16.4. The number of nitrogens with one attached hydrogen (secondary N) is 1. The summed E-state index contributed by atoms with van der Waals surface area (Å²) in [4.78, 5) is 17.7. The van der Waals surface area contributed by atoms with Crippen molar-refractivity contribution in [3.63, 3.8) is 0 Å². The first-order valence-electron chi connectivity index (χ1n) is 10.1. The SMILES string of the molecule is CCN1CCN(c2ccccc2NC(=O)Cc2cccc3ccccc23)CC1. The Kier molecular flexibility index (Phi) is 5.58. The molecule has 0 bridgehead atoms. The normalized spacial score (nSPS) is 15.0. The van der Waals surface area contributed by atoms with E-state index in [1.165, 1.54) is 5.39 Å². The second-order valence-corrected chi connectivity index (χ2v) is 7.30. The second kappa shape index (κ2) is 8.44. The number of carbonyl (C=O) groups is 1. The lowest BCUT2D eigenvalue weighted by atomic mass is 10.0.